The lowest BCUT2D eigenvalue weighted by Gasteiger charge is -2.37. The quantitative estimate of drug-likeness (QED) is 0.904. The molecule has 0 aromatic heterocycles. The summed E-state index contributed by atoms with van der Waals surface area (Å²) < 4.78 is 5.29. The fourth-order valence-electron chi connectivity index (χ4n) is 3.79. The molecule has 120 valence electrons. The number of ether oxygens (including phenoxy) is 1. The molecule has 0 radical (unpaired) electrons. The molecule has 1 aliphatic carbocycles. The fourth-order valence-corrected chi connectivity index (χ4v) is 3.79. The van der Waals surface area contributed by atoms with Gasteiger partial charge in [0.25, 0.3) is 0 Å². The second-order valence-electron chi connectivity index (χ2n) is 7.32. The molecule has 22 heavy (non-hydrogen) atoms. The molecular formula is C19H28N2O. The third kappa shape index (κ3) is 3.16. The summed E-state index contributed by atoms with van der Waals surface area (Å²) in [7, 11) is 0. The maximum atomic E-state index is 5.29. The molecule has 2 saturated heterocycles. The maximum Gasteiger partial charge on any atom is 0.0557 e. The largest absolute Gasteiger partial charge is 0.380 e. The molecule has 1 unspecified atom stereocenters. The molecule has 1 aromatic carbocycles. The van der Waals surface area contributed by atoms with Gasteiger partial charge >= 0.3 is 0 Å². The van der Waals surface area contributed by atoms with Crippen molar-refractivity contribution >= 4 is 5.69 Å². The zero-order valence-corrected chi connectivity index (χ0v) is 13.5. The molecule has 2 heterocycles. The Kier molecular flexibility index (Phi) is 4.35. The normalized spacial score (nSPS) is 26.5. The van der Waals surface area contributed by atoms with Gasteiger partial charge in [-0.3, -0.25) is 0 Å². The Hall–Kier alpha value is -1.06. The van der Waals surface area contributed by atoms with E-state index in [2.05, 4.69) is 34.5 Å². The number of hydrogen-bond donors (Lipinski definition) is 1. The highest BCUT2D eigenvalue weighted by atomic mass is 16.5. The Balaban J connectivity index is 1.32. The van der Waals surface area contributed by atoms with E-state index in [0.717, 1.165) is 19.1 Å². The second-order valence-corrected chi connectivity index (χ2v) is 7.32. The molecule has 0 amide bonds. The standard InChI is InChI=1S/C19H28N2O/c1-3-15(4-1)11-20-18-5-2-10-21(12-18)19-8-6-16(7-9-19)17-13-22-14-17/h6-9,15,17-18,20H,1-5,10-14H2. The summed E-state index contributed by atoms with van der Waals surface area (Å²) in [4.78, 5) is 2.56. The first-order valence-electron chi connectivity index (χ1n) is 9.04. The molecular weight excluding hydrogens is 272 g/mol. The number of hydrogen-bond acceptors (Lipinski definition) is 3. The SMILES string of the molecule is c1cc(N2CCCC(NCC3CCC3)C2)ccc1C1COC1. The summed E-state index contributed by atoms with van der Waals surface area (Å²) in [5.74, 6) is 1.59. The highest BCUT2D eigenvalue weighted by Gasteiger charge is 2.24. The Morgan fingerprint density at radius 2 is 1.86 bits per heavy atom. The van der Waals surface area contributed by atoms with Crippen LogP contribution in [-0.4, -0.2) is 38.9 Å². The van der Waals surface area contributed by atoms with Crippen LogP contribution in [0.15, 0.2) is 24.3 Å². The maximum absolute atomic E-state index is 5.29. The lowest BCUT2D eigenvalue weighted by molar-refractivity contribution is 0.00842. The van der Waals surface area contributed by atoms with E-state index in [4.69, 9.17) is 4.74 Å². The Morgan fingerprint density at radius 3 is 2.50 bits per heavy atom. The van der Waals surface area contributed by atoms with Gasteiger partial charge in [0, 0.05) is 30.7 Å². The van der Waals surface area contributed by atoms with Gasteiger partial charge in [0.2, 0.25) is 0 Å². The lowest BCUT2D eigenvalue weighted by atomic mass is 9.85. The Bertz CT molecular complexity index is 479. The van der Waals surface area contributed by atoms with E-state index in [-0.39, 0.29) is 0 Å². The monoisotopic (exact) mass is 300 g/mol. The number of benzene rings is 1. The summed E-state index contributed by atoms with van der Waals surface area (Å²) >= 11 is 0. The van der Waals surface area contributed by atoms with Crippen molar-refractivity contribution in [1.82, 2.24) is 5.32 Å². The number of piperidine rings is 1. The Morgan fingerprint density at radius 1 is 1.05 bits per heavy atom. The van der Waals surface area contributed by atoms with Crippen LogP contribution in [0, 0.1) is 5.92 Å². The van der Waals surface area contributed by atoms with E-state index in [9.17, 15) is 0 Å². The first-order valence-corrected chi connectivity index (χ1v) is 9.04. The smallest absolute Gasteiger partial charge is 0.0557 e. The highest BCUT2D eigenvalue weighted by molar-refractivity contribution is 5.49. The summed E-state index contributed by atoms with van der Waals surface area (Å²) in [6, 6.07) is 9.89. The molecule has 3 nitrogen and oxygen atoms in total. The van der Waals surface area contributed by atoms with Crippen molar-refractivity contribution in [1.29, 1.82) is 0 Å². The number of nitrogens with one attached hydrogen (secondary N) is 1. The van der Waals surface area contributed by atoms with Crippen LogP contribution in [0.4, 0.5) is 5.69 Å². The zero-order valence-electron chi connectivity index (χ0n) is 13.5. The lowest BCUT2D eigenvalue weighted by Crippen LogP contribution is -2.47. The molecule has 0 spiro atoms. The predicted octanol–water partition coefficient (Wildman–Crippen LogP) is 3.16. The van der Waals surface area contributed by atoms with Crippen LogP contribution in [0.2, 0.25) is 0 Å². The Labute approximate surface area is 134 Å². The zero-order chi connectivity index (χ0) is 14.8. The van der Waals surface area contributed by atoms with E-state index < -0.39 is 0 Å². The number of rotatable bonds is 5. The van der Waals surface area contributed by atoms with Gasteiger partial charge in [-0.05, 0) is 55.8 Å². The van der Waals surface area contributed by atoms with Gasteiger partial charge < -0.3 is 15.0 Å². The minimum Gasteiger partial charge on any atom is -0.380 e. The third-order valence-corrected chi connectivity index (χ3v) is 5.71. The summed E-state index contributed by atoms with van der Waals surface area (Å²) in [5, 5.41) is 3.81. The van der Waals surface area contributed by atoms with Gasteiger partial charge in [-0.15, -0.1) is 0 Å². The summed E-state index contributed by atoms with van der Waals surface area (Å²) in [6.07, 6.45) is 6.97. The molecule has 3 fully saturated rings. The van der Waals surface area contributed by atoms with Crippen LogP contribution < -0.4 is 10.2 Å². The topological polar surface area (TPSA) is 24.5 Å². The van der Waals surface area contributed by atoms with Gasteiger partial charge in [-0.25, -0.2) is 0 Å². The molecule has 3 heteroatoms. The van der Waals surface area contributed by atoms with E-state index in [1.165, 1.54) is 63.0 Å². The van der Waals surface area contributed by atoms with Gasteiger partial charge in [-0.2, -0.15) is 0 Å². The molecule has 0 bridgehead atoms. The second kappa shape index (κ2) is 6.59. The van der Waals surface area contributed by atoms with E-state index >= 15 is 0 Å². The van der Waals surface area contributed by atoms with Crippen LogP contribution >= 0.6 is 0 Å². The third-order valence-electron chi connectivity index (χ3n) is 5.71. The molecule has 1 saturated carbocycles. The molecule has 3 aliphatic rings. The number of nitrogens with zero attached hydrogens (tertiary/aromatic N) is 1. The summed E-state index contributed by atoms with van der Waals surface area (Å²) in [5.41, 5.74) is 2.82. The first-order chi connectivity index (χ1) is 10.9. The van der Waals surface area contributed by atoms with Crippen LogP contribution in [0.25, 0.3) is 0 Å². The van der Waals surface area contributed by atoms with E-state index in [0.29, 0.717) is 12.0 Å². The minimum atomic E-state index is 0.632. The van der Waals surface area contributed by atoms with Gasteiger partial charge in [0.05, 0.1) is 13.2 Å². The number of anilines is 1. The summed E-state index contributed by atoms with van der Waals surface area (Å²) in [6.45, 7) is 5.40. The fraction of sp³-hybridized carbons (Fsp3) is 0.684. The van der Waals surface area contributed by atoms with Crippen LogP contribution in [0.3, 0.4) is 0 Å². The van der Waals surface area contributed by atoms with Crippen molar-refractivity contribution in [3.63, 3.8) is 0 Å². The minimum absolute atomic E-state index is 0.632. The molecule has 2 aliphatic heterocycles. The van der Waals surface area contributed by atoms with Crippen molar-refractivity contribution in [2.24, 2.45) is 5.92 Å². The van der Waals surface area contributed by atoms with Crippen molar-refractivity contribution in [2.45, 2.75) is 44.1 Å². The van der Waals surface area contributed by atoms with Crippen LogP contribution in [0.5, 0.6) is 0 Å². The molecule has 1 atom stereocenters. The molecule has 4 rings (SSSR count). The highest BCUT2D eigenvalue weighted by Crippen LogP contribution is 2.28. The average Bonchev–Trinajstić information content (AvgIpc) is 2.45. The van der Waals surface area contributed by atoms with Crippen LogP contribution in [0.1, 0.15) is 43.6 Å². The van der Waals surface area contributed by atoms with Crippen molar-refractivity contribution in [3.05, 3.63) is 29.8 Å². The first kappa shape index (κ1) is 14.5. The van der Waals surface area contributed by atoms with Gasteiger partial charge in [0.15, 0.2) is 0 Å². The van der Waals surface area contributed by atoms with Gasteiger partial charge in [0.1, 0.15) is 0 Å². The van der Waals surface area contributed by atoms with E-state index in [1.54, 1.807) is 0 Å². The van der Waals surface area contributed by atoms with Crippen molar-refractivity contribution in [2.75, 3.05) is 37.7 Å². The van der Waals surface area contributed by atoms with Crippen molar-refractivity contribution in [3.8, 4) is 0 Å². The van der Waals surface area contributed by atoms with Crippen molar-refractivity contribution < 1.29 is 4.74 Å². The molecule has 1 aromatic rings. The average molecular weight is 300 g/mol. The molecule has 1 N–H and O–H groups in total. The van der Waals surface area contributed by atoms with Gasteiger partial charge in [-0.1, -0.05) is 18.6 Å². The van der Waals surface area contributed by atoms with E-state index in [1.807, 2.05) is 0 Å². The van der Waals surface area contributed by atoms with Crippen LogP contribution in [-0.2, 0) is 4.74 Å². The predicted molar refractivity (Wildman–Crippen MR) is 90.6 cm³/mol.